The summed E-state index contributed by atoms with van der Waals surface area (Å²) >= 11 is 7.54. The number of halogens is 1. The molecule has 2 aromatic carbocycles. The Balaban J connectivity index is 2.03. The molecule has 2 nitrogen and oxygen atoms in total. The molecule has 2 rings (SSSR count). The van der Waals surface area contributed by atoms with Crippen LogP contribution in [0.4, 0.5) is 5.69 Å². The van der Waals surface area contributed by atoms with Crippen molar-refractivity contribution in [1.82, 2.24) is 0 Å². The van der Waals surface area contributed by atoms with E-state index in [9.17, 15) is 4.79 Å². The lowest BCUT2D eigenvalue weighted by Crippen LogP contribution is -2.19. The maximum atomic E-state index is 12.2. The Kier molecular flexibility index (Phi) is 5.54. The highest BCUT2D eigenvalue weighted by atomic mass is 35.5. The Morgan fingerprint density at radius 2 is 1.73 bits per heavy atom. The van der Waals surface area contributed by atoms with Crippen molar-refractivity contribution in [3.8, 4) is 0 Å². The summed E-state index contributed by atoms with van der Waals surface area (Å²) in [6, 6.07) is 15.5. The summed E-state index contributed by atoms with van der Waals surface area (Å²) in [6.07, 6.45) is 0. The van der Waals surface area contributed by atoms with E-state index in [1.165, 1.54) is 11.8 Å². The number of amides is 1. The number of thioether (sulfide) groups is 1. The van der Waals surface area contributed by atoms with Crippen LogP contribution in [0.1, 0.15) is 26.3 Å². The van der Waals surface area contributed by atoms with Crippen LogP contribution in [0.2, 0.25) is 5.02 Å². The molecular weight excluding hydrogens is 314 g/mol. The predicted molar refractivity (Wildman–Crippen MR) is 95.9 cm³/mol. The molecule has 2 aromatic rings. The minimum Gasteiger partial charge on any atom is -0.325 e. The third-order valence-corrected chi connectivity index (χ3v) is 4.72. The molecule has 0 saturated heterocycles. The smallest absolute Gasteiger partial charge is 0.234 e. The van der Waals surface area contributed by atoms with E-state index >= 15 is 0 Å². The minimum absolute atomic E-state index is 0.0141. The summed E-state index contributed by atoms with van der Waals surface area (Å²) in [7, 11) is 0. The number of carbonyl (C=O) groups is 1. The molecule has 22 heavy (non-hydrogen) atoms. The van der Waals surface area contributed by atoms with Crippen LogP contribution in [0, 0.1) is 0 Å². The van der Waals surface area contributed by atoms with Crippen LogP contribution < -0.4 is 5.32 Å². The molecule has 0 aliphatic carbocycles. The van der Waals surface area contributed by atoms with Crippen LogP contribution in [0.25, 0.3) is 0 Å². The van der Waals surface area contributed by atoms with Crippen molar-refractivity contribution in [2.24, 2.45) is 0 Å². The molecule has 0 heterocycles. The van der Waals surface area contributed by atoms with Gasteiger partial charge < -0.3 is 5.32 Å². The van der Waals surface area contributed by atoms with Gasteiger partial charge in [-0.3, -0.25) is 4.79 Å². The van der Waals surface area contributed by atoms with Gasteiger partial charge in [-0.25, -0.2) is 0 Å². The van der Waals surface area contributed by atoms with Crippen molar-refractivity contribution in [2.45, 2.75) is 31.1 Å². The summed E-state index contributed by atoms with van der Waals surface area (Å²) in [5.74, 6) is 0.309. The van der Waals surface area contributed by atoms with Crippen LogP contribution in [-0.2, 0) is 10.2 Å². The third-order valence-electron chi connectivity index (χ3n) is 3.20. The topological polar surface area (TPSA) is 29.1 Å². The molecule has 4 heteroatoms. The molecule has 0 aliphatic rings. The number of anilines is 1. The van der Waals surface area contributed by atoms with Gasteiger partial charge in [0.1, 0.15) is 0 Å². The second-order valence-corrected chi connectivity index (χ2v) is 7.49. The Hall–Kier alpha value is -1.45. The Morgan fingerprint density at radius 3 is 2.41 bits per heavy atom. The van der Waals surface area contributed by atoms with Gasteiger partial charge in [-0.15, -0.1) is 11.8 Å². The van der Waals surface area contributed by atoms with E-state index in [0.29, 0.717) is 10.8 Å². The molecule has 0 unspecified atom stereocenters. The van der Waals surface area contributed by atoms with Crippen molar-refractivity contribution in [3.05, 3.63) is 59.1 Å². The molecule has 0 saturated carbocycles. The van der Waals surface area contributed by atoms with Gasteiger partial charge in [-0.2, -0.15) is 0 Å². The maximum Gasteiger partial charge on any atom is 0.234 e. The highest BCUT2D eigenvalue weighted by Crippen LogP contribution is 2.30. The summed E-state index contributed by atoms with van der Waals surface area (Å²) < 4.78 is 0. The van der Waals surface area contributed by atoms with E-state index in [1.807, 2.05) is 42.5 Å². The molecule has 116 valence electrons. The minimum atomic E-state index is -0.0263. The first-order valence-electron chi connectivity index (χ1n) is 7.14. The van der Waals surface area contributed by atoms with Gasteiger partial charge in [0.25, 0.3) is 0 Å². The first kappa shape index (κ1) is 16.9. The van der Waals surface area contributed by atoms with Gasteiger partial charge in [0.2, 0.25) is 5.91 Å². The van der Waals surface area contributed by atoms with Crippen LogP contribution >= 0.6 is 23.4 Å². The number of rotatable bonds is 4. The molecular formula is C18H20ClNOS. The highest BCUT2D eigenvalue weighted by Gasteiger charge is 2.18. The normalized spacial score (nSPS) is 11.3. The van der Waals surface area contributed by atoms with Crippen molar-refractivity contribution >= 4 is 35.0 Å². The van der Waals surface area contributed by atoms with Crippen molar-refractivity contribution < 1.29 is 4.79 Å². The number of hydrogen-bond acceptors (Lipinski definition) is 2. The average molecular weight is 334 g/mol. The summed E-state index contributed by atoms with van der Waals surface area (Å²) in [5.41, 5.74) is 1.99. The second kappa shape index (κ2) is 7.21. The number of nitrogens with one attached hydrogen (secondary N) is 1. The van der Waals surface area contributed by atoms with Gasteiger partial charge in [0, 0.05) is 10.6 Å². The zero-order valence-electron chi connectivity index (χ0n) is 13.0. The number of carbonyl (C=O) groups excluding carboxylic acids is 1. The highest BCUT2D eigenvalue weighted by molar-refractivity contribution is 8.00. The maximum absolute atomic E-state index is 12.2. The SMILES string of the molecule is CC(C)(C)c1ccccc1NC(=O)CSc1ccccc1Cl. The van der Waals surface area contributed by atoms with Crippen LogP contribution in [-0.4, -0.2) is 11.7 Å². The van der Waals surface area contributed by atoms with Crippen molar-refractivity contribution in [3.63, 3.8) is 0 Å². The van der Waals surface area contributed by atoms with Gasteiger partial charge >= 0.3 is 0 Å². The first-order valence-corrected chi connectivity index (χ1v) is 8.51. The Labute approximate surface area is 141 Å². The standard InChI is InChI=1S/C18H20ClNOS/c1-18(2,3)13-8-4-6-10-15(13)20-17(21)12-22-16-11-7-5-9-14(16)19/h4-11H,12H2,1-3H3,(H,20,21). The third kappa shape index (κ3) is 4.52. The summed E-state index contributed by atoms with van der Waals surface area (Å²) in [4.78, 5) is 13.1. The summed E-state index contributed by atoms with van der Waals surface area (Å²) in [6.45, 7) is 6.41. The molecule has 0 aromatic heterocycles. The lowest BCUT2D eigenvalue weighted by atomic mass is 9.86. The molecule has 0 bridgehead atoms. The van der Waals surface area contributed by atoms with E-state index in [0.717, 1.165) is 16.1 Å². The van der Waals surface area contributed by atoms with Crippen molar-refractivity contribution in [2.75, 3.05) is 11.1 Å². The van der Waals surface area contributed by atoms with Gasteiger partial charge in [-0.1, -0.05) is 62.7 Å². The fourth-order valence-corrected chi connectivity index (χ4v) is 3.18. The molecule has 0 fully saturated rings. The zero-order chi connectivity index (χ0) is 16.2. The first-order chi connectivity index (χ1) is 10.4. The van der Waals surface area contributed by atoms with Crippen molar-refractivity contribution in [1.29, 1.82) is 0 Å². The number of hydrogen-bond donors (Lipinski definition) is 1. The van der Waals surface area contributed by atoms with E-state index in [4.69, 9.17) is 11.6 Å². The lowest BCUT2D eigenvalue weighted by molar-refractivity contribution is -0.113. The number of para-hydroxylation sites is 1. The predicted octanol–water partition coefficient (Wildman–Crippen LogP) is 5.37. The van der Waals surface area contributed by atoms with Crippen LogP contribution in [0.3, 0.4) is 0 Å². The summed E-state index contributed by atoms with van der Waals surface area (Å²) in [5, 5.41) is 3.68. The monoisotopic (exact) mass is 333 g/mol. The molecule has 0 atom stereocenters. The van der Waals surface area contributed by atoms with E-state index in [-0.39, 0.29) is 11.3 Å². The Bertz CT molecular complexity index is 664. The van der Waals surface area contributed by atoms with Gasteiger partial charge in [0.15, 0.2) is 0 Å². The fraction of sp³-hybridized carbons (Fsp3) is 0.278. The quantitative estimate of drug-likeness (QED) is 0.762. The van der Waals surface area contributed by atoms with E-state index < -0.39 is 0 Å². The molecule has 0 spiro atoms. The van der Waals surface area contributed by atoms with E-state index in [1.54, 1.807) is 0 Å². The number of benzene rings is 2. The molecule has 0 aliphatic heterocycles. The largest absolute Gasteiger partial charge is 0.325 e. The van der Waals surface area contributed by atoms with Gasteiger partial charge in [-0.05, 0) is 29.2 Å². The second-order valence-electron chi connectivity index (χ2n) is 6.06. The molecule has 0 radical (unpaired) electrons. The molecule has 1 N–H and O–H groups in total. The lowest BCUT2D eigenvalue weighted by Gasteiger charge is -2.23. The Morgan fingerprint density at radius 1 is 1.09 bits per heavy atom. The fourth-order valence-electron chi connectivity index (χ4n) is 2.14. The molecule has 1 amide bonds. The van der Waals surface area contributed by atoms with E-state index in [2.05, 4.69) is 32.2 Å². The van der Waals surface area contributed by atoms with Crippen LogP contribution in [0.15, 0.2) is 53.4 Å². The zero-order valence-corrected chi connectivity index (χ0v) is 14.6. The van der Waals surface area contributed by atoms with Gasteiger partial charge in [0.05, 0.1) is 10.8 Å². The van der Waals surface area contributed by atoms with Crippen LogP contribution in [0.5, 0.6) is 0 Å². The average Bonchev–Trinajstić information content (AvgIpc) is 2.46.